The van der Waals surface area contributed by atoms with E-state index in [0.29, 0.717) is 36.6 Å². The minimum absolute atomic E-state index is 0. The van der Waals surface area contributed by atoms with Crippen molar-refractivity contribution in [3.8, 4) is 0 Å². The van der Waals surface area contributed by atoms with E-state index in [2.05, 4.69) is 74.1 Å². The molecule has 0 spiro atoms. The Labute approximate surface area is 510 Å². The van der Waals surface area contributed by atoms with E-state index in [-0.39, 0.29) is 74.8 Å². The van der Waals surface area contributed by atoms with Crippen LogP contribution in [-0.2, 0) is 30.1 Å². The summed E-state index contributed by atoms with van der Waals surface area (Å²) in [6.45, 7) is 15.1. The third kappa shape index (κ3) is 24.8. The molecule has 0 bridgehead atoms. The Morgan fingerprint density at radius 1 is 0.590 bits per heavy atom. The Balaban J connectivity index is 0.000000361. The number of hydrogen-bond acceptors (Lipinski definition) is 15. The molecule has 3 fully saturated rings. The number of hydrogen-bond donors (Lipinski definition) is 4. The van der Waals surface area contributed by atoms with Crippen LogP contribution in [0, 0.1) is 24.2 Å². The SMILES string of the molecule is CC(C)c1nc(N2CCCC(CNS(C)(=O)=O)C2)c2ccccc2n1.CS(=O)(=O)NCC1CCCN(c2nc(Cl)nc3ccccc23)C1.CS(=O)(=O)NCC1CCCNC1.C[CH-]C.Cl.Clc1nc(Cl)c2ccccc2n1.[Br-].[Mg+2]. The number of para-hydroxylation sites is 3. The average Bonchev–Trinajstić information content (AvgIpc) is 3.37. The maximum Gasteiger partial charge on any atom is 2.00 e. The zero-order valence-electron chi connectivity index (χ0n) is 45.3. The van der Waals surface area contributed by atoms with E-state index in [9.17, 15) is 25.3 Å². The van der Waals surface area contributed by atoms with Gasteiger partial charge in [-0.15, -0.1) is 12.4 Å². The molecule has 3 atom stereocenters. The molecule has 78 heavy (non-hydrogen) atoms. The van der Waals surface area contributed by atoms with E-state index in [1.54, 1.807) is 0 Å². The van der Waals surface area contributed by atoms with Crippen LogP contribution in [0.25, 0.3) is 32.7 Å². The Bertz CT molecular complexity index is 3140. The monoisotopic (exact) mass is 1290 g/mol. The molecule has 27 heteroatoms. The second-order valence-electron chi connectivity index (χ2n) is 19.3. The van der Waals surface area contributed by atoms with Gasteiger partial charge in [-0.2, -0.15) is 18.8 Å². The molecule has 0 radical (unpaired) electrons. The van der Waals surface area contributed by atoms with Crippen molar-refractivity contribution in [2.45, 2.75) is 72.1 Å². The second-order valence-corrected chi connectivity index (χ2v) is 25.8. The maximum absolute atomic E-state index is 11.4. The van der Waals surface area contributed by atoms with E-state index in [1.165, 1.54) is 18.8 Å². The molecule has 9 rings (SSSR count). The predicted octanol–water partition coefficient (Wildman–Crippen LogP) is 5.31. The number of nitrogens with one attached hydrogen (secondary N) is 4. The first-order chi connectivity index (χ1) is 35.5. The van der Waals surface area contributed by atoms with Gasteiger partial charge >= 0.3 is 23.1 Å². The smallest absolute Gasteiger partial charge is 1.00 e. The summed E-state index contributed by atoms with van der Waals surface area (Å²) in [5.74, 6) is 3.92. The number of rotatable bonds is 12. The third-order valence-electron chi connectivity index (χ3n) is 12.1. The summed E-state index contributed by atoms with van der Waals surface area (Å²) < 4.78 is 74.6. The molecular formula is C51H73BrCl4MgN12O6S3. The van der Waals surface area contributed by atoms with Crippen molar-refractivity contribution in [2.24, 2.45) is 17.8 Å². The van der Waals surface area contributed by atoms with Gasteiger partial charge in [-0.3, -0.25) is 0 Å². The molecule has 6 aromatic rings. The minimum Gasteiger partial charge on any atom is -1.00 e. The van der Waals surface area contributed by atoms with Gasteiger partial charge in [0.05, 0.1) is 35.3 Å². The topological polar surface area (TPSA) is 234 Å². The van der Waals surface area contributed by atoms with Crippen LogP contribution < -0.4 is 46.3 Å². The Morgan fingerprint density at radius 3 is 1.41 bits per heavy atom. The molecule has 0 amide bonds. The average molecular weight is 1290 g/mol. The molecule has 428 valence electrons. The summed E-state index contributed by atoms with van der Waals surface area (Å²) in [6.07, 6.45) is 11.9. The van der Waals surface area contributed by atoms with Gasteiger partial charge in [0, 0.05) is 67.9 Å². The summed E-state index contributed by atoms with van der Waals surface area (Å²) in [5, 5.41) is 6.89. The van der Waals surface area contributed by atoms with Crippen LogP contribution in [0.4, 0.5) is 11.6 Å². The van der Waals surface area contributed by atoms with Crippen molar-refractivity contribution in [1.29, 1.82) is 0 Å². The van der Waals surface area contributed by atoms with Crippen LogP contribution in [0.15, 0.2) is 72.8 Å². The summed E-state index contributed by atoms with van der Waals surface area (Å²) in [6, 6.07) is 23.3. The number of fused-ring (bicyclic) bond motifs is 3. The van der Waals surface area contributed by atoms with Crippen LogP contribution in [0.3, 0.4) is 0 Å². The summed E-state index contributed by atoms with van der Waals surface area (Å²) in [4.78, 5) is 30.5. The Morgan fingerprint density at radius 2 is 0.974 bits per heavy atom. The molecule has 3 aromatic carbocycles. The molecule has 3 aliphatic heterocycles. The van der Waals surface area contributed by atoms with E-state index in [0.717, 1.165) is 128 Å². The number of benzene rings is 3. The first-order valence-corrected chi connectivity index (χ1v) is 31.9. The van der Waals surface area contributed by atoms with Crippen molar-refractivity contribution in [2.75, 3.05) is 87.5 Å². The molecule has 3 aliphatic rings. The number of aromatic nitrogens is 6. The zero-order chi connectivity index (χ0) is 54.8. The Hall–Kier alpha value is -2.62. The van der Waals surface area contributed by atoms with Gasteiger partial charge in [0.2, 0.25) is 40.6 Å². The minimum atomic E-state index is -3.16. The molecule has 6 heterocycles. The first-order valence-electron chi connectivity index (χ1n) is 25.1. The van der Waals surface area contributed by atoms with Gasteiger partial charge in [0.25, 0.3) is 0 Å². The van der Waals surface area contributed by atoms with E-state index >= 15 is 0 Å². The predicted molar refractivity (Wildman–Crippen MR) is 320 cm³/mol. The standard InChI is InChI=1S/C18H26N4O2S.C15H19ClN4O2S.C8H4Cl2N2.C7H16N2O2S.C3H7.BrH.ClH.Mg/c1-13(2)17-20-16-9-5-4-8-15(16)18(21-17)22-10-6-7-14(12-22)11-19-25(3,23)24;1-23(21,22)17-9-11-5-4-8-20(10-11)14-12-6-2-3-7-13(12)18-15(16)19-14;9-7-5-3-1-2-4-6(5)11-8(10)12-7;1-12(10,11)9-6-7-3-2-4-8-5-7;1-3-2;;;/h4-5,8-9,13-14,19H,6-7,10-12H2,1-3H3;2-3,6-7,11,17H,4-5,8-10H2,1H3;1-4H;7-9H,2-6H2,1H3;3H,1-2H3;2*1H;/q;;;;-1;;;+2/p-1. The van der Waals surface area contributed by atoms with Crippen LogP contribution in [0.5, 0.6) is 0 Å². The zero-order valence-corrected chi connectivity index (χ0v) is 53.8. The summed E-state index contributed by atoms with van der Waals surface area (Å²) in [5.41, 5.74) is 2.55. The summed E-state index contributed by atoms with van der Waals surface area (Å²) >= 11 is 17.5. The molecule has 0 aliphatic carbocycles. The van der Waals surface area contributed by atoms with Crippen LogP contribution in [0.2, 0.25) is 15.7 Å². The molecule has 3 unspecified atom stereocenters. The normalized spacial score (nSPS) is 17.5. The van der Waals surface area contributed by atoms with Crippen LogP contribution in [-0.4, -0.2) is 156 Å². The van der Waals surface area contributed by atoms with Gasteiger partial charge in [-0.1, -0.05) is 61.8 Å². The van der Waals surface area contributed by atoms with Crippen molar-refractivity contribution in [1.82, 2.24) is 49.4 Å². The fraction of sp³-hybridized carbons (Fsp3) is 0.510. The second kappa shape index (κ2) is 34.7. The van der Waals surface area contributed by atoms with Crippen LogP contribution >= 0.6 is 47.2 Å². The largest absolute Gasteiger partial charge is 2.00 e. The molecular weight excluding hydrogens is 1220 g/mol. The fourth-order valence-corrected chi connectivity index (χ4v) is 10.9. The van der Waals surface area contributed by atoms with Crippen molar-refractivity contribution < 1.29 is 42.2 Å². The number of piperidine rings is 3. The van der Waals surface area contributed by atoms with E-state index < -0.39 is 30.1 Å². The van der Waals surface area contributed by atoms with Crippen molar-refractivity contribution in [3.63, 3.8) is 0 Å². The number of nitrogens with zero attached hydrogens (tertiary/aromatic N) is 8. The van der Waals surface area contributed by atoms with Gasteiger partial charge in [0.15, 0.2) is 0 Å². The summed E-state index contributed by atoms with van der Waals surface area (Å²) in [7, 11) is -9.32. The molecule has 3 saturated heterocycles. The number of halogens is 5. The van der Waals surface area contributed by atoms with Gasteiger partial charge < -0.3 is 38.5 Å². The molecule has 18 nitrogen and oxygen atoms in total. The third-order valence-corrected chi connectivity index (χ3v) is 14.8. The molecule has 4 N–H and O–H groups in total. The van der Waals surface area contributed by atoms with Gasteiger partial charge in [-0.05, 0) is 129 Å². The van der Waals surface area contributed by atoms with Crippen molar-refractivity contribution >= 4 is 145 Å². The van der Waals surface area contributed by atoms with Crippen molar-refractivity contribution in [3.05, 3.63) is 101 Å². The molecule has 0 saturated carbocycles. The maximum atomic E-state index is 11.4. The van der Waals surface area contributed by atoms with Gasteiger partial charge in [-0.25, -0.2) is 64.3 Å². The quantitative estimate of drug-likeness (QED) is 0.0526. The van der Waals surface area contributed by atoms with Gasteiger partial charge in [0.1, 0.15) is 22.6 Å². The van der Waals surface area contributed by atoms with E-state index in [4.69, 9.17) is 39.8 Å². The molecule has 3 aromatic heterocycles. The number of sulfonamides is 3. The van der Waals surface area contributed by atoms with E-state index in [1.807, 2.05) is 87.0 Å². The number of anilines is 2. The van der Waals surface area contributed by atoms with Crippen LogP contribution in [0.1, 0.15) is 78.0 Å². The first kappa shape index (κ1) is 71.5. The Kier molecular flexibility index (Phi) is 31.8. The fourth-order valence-electron chi connectivity index (χ4n) is 8.62.